The van der Waals surface area contributed by atoms with E-state index in [9.17, 15) is 20.1 Å². The molecule has 42 heavy (non-hydrogen) atoms. The predicted octanol–water partition coefficient (Wildman–Crippen LogP) is 3.10. The Morgan fingerprint density at radius 3 is 2.57 bits per heavy atom. The van der Waals surface area contributed by atoms with Crippen molar-refractivity contribution in [2.45, 2.75) is 50.9 Å². The minimum atomic E-state index is -0.633. The van der Waals surface area contributed by atoms with Gasteiger partial charge >= 0.3 is 5.97 Å². The molecule has 4 unspecified atom stereocenters. The maximum Gasteiger partial charge on any atom is 0.343 e. The molecule has 1 aromatic carbocycles. The Bertz CT molecular complexity index is 1310. The van der Waals surface area contributed by atoms with Gasteiger partial charge in [0.1, 0.15) is 17.1 Å². The average molecular weight is 581 g/mol. The fourth-order valence-electron chi connectivity index (χ4n) is 8.32. The number of hydrogen-bond donors (Lipinski definition) is 3. The van der Waals surface area contributed by atoms with Gasteiger partial charge in [-0.1, -0.05) is 26.0 Å². The number of phenols is 1. The van der Waals surface area contributed by atoms with Crippen LogP contribution in [0.3, 0.4) is 0 Å². The first-order chi connectivity index (χ1) is 20.0. The summed E-state index contributed by atoms with van der Waals surface area (Å²) in [5, 5.41) is 32.2. The number of fused-ring (bicyclic) bond motifs is 1. The molecule has 0 bridgehead atoms. The van der Waals surface area contributed by atoms with Crippen LogP contribution in [0.15, 0.2) is 47.8 Å². The minimum Gasteiger partial charge on any atom is -0.507 e. The quantitative estimate of drug-likeness (QED) is 0.345. The maximum absolute atomic E-state index is 12.9. The van der Waals surface area contributed by atoms with Crippen LogP contribution in [0.1, 0.15) is 38.7 Å². The number of benzene rings is 1. The summed E-state index contributed by atoms with van der Waals surface area (Å²) >= 11 is 0. The van der Waals surface area contributed by atoms with Crippen molar-refractivity contribution < 1.29 is 34.3 Å². The van der Waals surface area contributed by atoms with Gasteiger partial charge in [-0.2, -0.15) is 0 Å². The molecule has 3 aliphatic heterocycles. The number of carbonyl (C=O) groups is 1. The van der Waals surface area contributed by atoms with Crippen LogP contribution in [0.25, 0.3) is 6.08 Å². The van der Waals surface area contributed by atoms with Gasteiger partial charge in [0, 0.05) is 61.9 Å². The zero-order chi connectivity index (χ0) is 29.9. The second-order valence-corrected chi connectivity index (χ2v) is 13.4. The van der Waals surface area contributed by atoms with Gasteiger partial charge in [0.15, 0.2) is 0 Å². The molecule has 2 saturated carbocycles. The number of nitrogens with zero attached hydrogens (tertiary/aromatic N) is 2. The second kappa shape index (κ2) is 10.8. The molecule has 0 amide bonds. The Hall–Kier alpha value is -2.69. The number of hydrogen-bond acceptors (Lipinski definition) is 9. The number of ether oxygens (including phenoxy) is 3. The highest BCUT2D eigenvalue weighted by Gasteiger charge is 2.71. The summed E-state index contributed by atoms with van der Waals surface area (Å²) in [5.41, 5.74) is 0.612. The van der Waals surface area contributed by atoms with Crippen LogP contribution in [0.4, 0.5) is 5.69 Å². The molecule has 1 spiro atoms. The molecule has 4 fully saturated rings. The van der Waals surface area contributed by atoms with Crippen LogP contribution in [0, 0.1) is 22.7 Å². The lowest BCUT2D eigenvalue weighted by atomic mass is 9.44. The van der Waals surface area contributed by atoms with Crippen LogP contribution in [-0.4, -0.2) is 97.5 Å². The Morgan fingerprint density at radius 1 is 1.19 bits per heavy atom. The van der Waals surface area contributed by atoms with E-state index < -0.39 is 17.5 Å². The van der Waals surface area contributed by atoms with E-state index in [1.54, 1.807) is 24.3 Å². The fourth-order valence-corrected chi connectivity index (χ4v) is 8.32. The van der Waals surface area contributed by atoms with Gasteiger partial charge in [-0.25, -0.2) is 4.79 Å². The molecular formula is C33H44N2O7. The van der Waals surface area contributed by atoms with Gasteiger partial charge in [0.25, 0.3) is 0 Å². The first-order valence-electron chi connectivity index (χ1n) is 15.1. The van der Waals surface area contributed by atoms with Crippen molar-refractivity contribution in [3.8, 4) is 5.75 Å². The van der Waals surface area contributed by atoms with E-state index in [0.717, 1.165) is 31.6 Å². The van der Waals surface area contributed by atoms with Crippen molar-refractivity contribution in [2.75, 3.05) is 58.5 Å². The number of epoxide rings is 1. The van der Waals surface area contributed by atoms with Crippen LogP contribution in [0.5, 0.6) is 5.75 Å². The van der Waals surface area contributed by atoms with E-state index in [2.05, 4.69) is 17.9 Å². The van der Waals surface area contributed by atoms with Crippen molar-refractivity contribution in [3.63, 3.8) is 0 Å². The number of esters is 1. The Balaban J connectivity index is 1.33. The number of allylic oxidation sites excluding steroid dienone is 1. The standard InChI is InChI=1S/C33H44N2O7/c1-31-10-9-29(38)32(2,19-36)27(31)18-28(35-11-13-40-14-12-35)33(20-41-33)26(31)8-6-22-16-24(42-30(22)39)15-21-5-7-23(34(3)4)17-25(21)37/h5-8,15-17,26-29,36-38H,9-14,18-20H2,1-4H3/t26?,27?,28?,29-,31-,32+,33?/m1/s1. The van der Waals surface area contributed by atoms with E-state index in [-0.39, 0.29) is 41.3 Å². The van der Waals surface area contributed by atoms with Gasteiger partial charge in [-0.15, -0.1) is 0 Å². The van der Waals surface area contributed by atoms with Gasteiger partial charge in [-0.05, 0) is 54.9 Å². The monoisotopic (exact) mass is 580 g/mol. The van der Waals surface area contributed by atoms with Gasteiger partial charge in [0.05, 0.1) is 38.1 Å². The Kier molecular flexibility index (Phi) is 7.55. The Labute approximate surface area is 248 Å². The number of cyclic esters (lactones) is 1. The largest absolute Gasteiger partial charge is 0.507 e. The first-order valence-corrected chi connectivity index (χ1v) is 15.1. The van der Waals surface area contributed by atoms with E-state index in [1.165, 1.54) is 0 Å². The molecule has 9 nitrogen and oxygen atoms in total. The van der Waals surface area contributed by atoms with Crippen molar-refractivity contribution >= 4 is 17.7 Å². The number of rotatable bonds is 6. The third-order valence-electron chi connectivity index (χ3n) is 10.9. The number of carbonyl (C=O) groups excluding carboxylic acids is 1. The number of aliphatic hydroxyl groups excluding tert-OH is 2. The molecule has 2 saturated heterocycles. The molecule has 1 aromatic rings. The van der Waals surface area contributed by atoms with E-state index in [1.807, 2.05) is 38.1 Å². The molecule has 9 heteroatoms. The molecule has 228 valence electrons. The Morgan fingerprint density at radius 2 is 1.93 bits per heavy atom. The molecule has 0 radical (unpaired) electrons. The number of aromatic hydroxyl groups is 1. The third-order valence-corrected chi connectivity index (χ3v) is 10.9. The highest BCUT2D eigenvalue weighted by molar-refractivity contribution is 5.96. The topological polar surface area (TPSA) is 115 Å². The number of aliphatic hydroxyl groups is 2. The molecule has 7 atom stereocenters. The summed E-state index contributed by atoms with van der Waals surface area (Å²) in [7, 11) is 3.81. The van der Waals surface area contributed by atoms with Crippen LogP contribution in [0.2, 0.25) is 0 Å². The normalized spacial score (nSPS) is 39.4. The highest BCUT2D eigenvalue weighted by Crippen LogP contribution is 2.66. The zero-order valence-corrected chi connectivity index (χ0v) is 25.1. The second-order valence-electron chi connectivity index (χ2n) is 13.4. The molecular weight excluding hydrogens is 536 g/mol. The van der Waals surface area contributed by atoms with Gasteiger partial charge < -0.3 is 34.4 Å². The molecule has 3 heterocycles. The summed E-state index contributed by atoms with van der Waals surface area (Å²) in [5.74, 6) is 0.0758. The highest BCUT2D eigenvalue weighted by atomic mass is 16.6. The molecule has 5 aliphatic rings. The zero-order valence-electron chi connectivity index (χ0n) is 25.1. The van der Waals surface area contributed by atoms with Crippen molar-refractivity contribution in [3.05, 3.63) is 53.3 Å². The maximum atomic E-state index is 12.9. The van der Waals surface area contributed by atoms with Crippen LogP contribution >= 0.6 is 0 Å². The summed E-state index contributed by atoms with van der Waals surface area (Å²) in [4.78, 5) is 17.3. The lowest BCUT2D eigenvalue weighted by Crippen LogP contribution is -2.67. The summed E-state index contributed by atoms with van der Waals surface area (Å²) < 4.78 is 17.6. The molecule has 0 aromatic heterocycles. The molecule has 3 N–H and O–H groups in total. The fraction of sp³-hybridized carbons (Fsp3) is 0.606. The average Bonchev–Trinajstić information content (AvgIpc) is 3.67. The number of phenolic OH excluding ortho intramolecular Hbond substituents is 1. The summed E-state index contributed by atoms with van der Waals surface area (Å²) in [6, 6.07) is 5.49. The smallest absolute Gasteiger partial charge is 0.343 e. The lowest BCUT2D eigenvalue weighted by molar-refractivity contribution is -0.186. The van der Waals surface area contributed by atoms with E-state index >= 15 is 0 Å². The number of anilines is 1. The van der Waals surface area contributed by atoms with E-state index in [0.29, 0.717) is 43.1 Å². The number of morpholine rings is 1. The van der Waals surface area contributed by atoms with Crippen LogP contribution < -0.4 is 4.90 Å². The van der Waals surface area contributed by atoms with Crippen molar-refractivity contribution in [2.24, 2.45) is 22.7 Å². The first kappa shape index (κ1) is 29.4. The molecule has 2 aliphatic carbocycles. The summed E-state index contributed by atoms with van der Waals surface area (Å²) in [6.07, 6.45) is 9.04. The van der Waals surface area contributed by atoms with Gasteiger partial charge in [-0.3, -0.25) is 4.90 Å². The minimum absolute atomic E-state index is 0.0284. The van der Waals surface area contributed by atoms with E-state index in [4.69, 9.17) is 14.2 Å². The third kappa shape index (κ3) is 4.79. The van der Waals surface area contributed by atoms with Crippen molar-refractivity contribution in [1.29, 1.82) is 0 Å². The SMILES string of the molecule is CN(C)c1ccc(C=C2C=C(C=CC3C4(CO4)C(N4CCOCC4)CC4[C@]3(C)CC[C@@H](O)[C@@]4(C)CO)C(=O)O2)c(O)c1. The lowest BCUT2D eigenvalue weighted by Gasteiger charge is -2.63. The van der Waals surface area contributed by atoms with Gasteiger partial charge in [0.2, 0.25) is 0 Å². The van der Waals surface area contributed by atoms with Crippen LogP contribution in [-0.2, 0) is 19.0 Å². The summed E-state index contributed by atoms with van der Waals surface area (Å²) in [6.45, 7) is 7.86. The predicted molar refractivity (Wildman–Crippen MR) is 159 cm³/mol. The molecule has 6 rings (SSSR count). The van der Waals surface area contributed by atoms with Crippen molar-refractivity contribution in [1.82, 2.24) is 4.90 Å².